The van der Waals surface area contributed by atoms with Gasteiger partial charge in [-0.05, 0) is 55.0 Å². The van der Waals surface area contributed by atoms with Crippen LogP contribution in [0.4, 0.5) is 5.69 Å². The van der Waals surface area contributed by atoms with Crippen molar-refractivity contribution in [2.24, 2.45) is 0 Å². The number of carbonyl (C=O) groups is 1. The lowest BCUT2D eigenvalue weighted by Crippen LogP contribution is -2.14. The van der Waals surface area contributed by atoms with Crippen molar-refractivity contribution in [1.29, 1.82) is 0 Å². The highest BCUT2D eigenvalue weighted by Crippen LogP contribution is 2.28. The summed E-state index contributed by atoms with van der Waals surface area (Å²) in [5.41, 5.74) is 0.780. The van der Waals surface area contributed by atoms with Crippen LogP contribution in [0, 0.1) is 0 Å². The van der Waals surface area contributed by atoms with Crippen LogP contribution >= 0.6 is 0 Å². The fourth-order valence-electron chi connectivity index (χ4n) is 2.17. The fraction of sp³-hybridized carbons (Fsp3) is 0.167. The number of rotatable bonds is 8. The van der Waals surface area contributed by atoms with Crippen LogP contribution in [0.3, 0.4) is 0 Å². The molecule has 0 saturated carbocycles. The lowest BCUT2D eigenvalue weighted by molar-refractivity contribution is -0.131. The summed E-state index contributed by atoms with van der Waals surface area (Å²) in [5, 5.41) is 8.71. The summed E-state index contributed by atoms with van der Waals surface area (Å²) in [4.78, 5) is 10.5. The van der Waals surface area contributed by atoms with Crippen molar-refractivity contribution in [2.75, 3.05) is 18.4 Å². The standard InChI is InChI=1S/C18H19NO6S/c1-3-25-15-8-6-14(7-9-15)19-26(22,23)17-12-13(5-11-18(20)21)4-10-16(17)24-2/h4-12,19H,3H2,1-2H3,(H,20,21)/b11-5+. The Hall–Kier alpha value is -3.00. The molecule has 0 aliphatic rings. The largest absolute Gasteiger partial charge is 0.495 e. The Morgan fingerprint density at radius 1 is 1.19 bits per heavy atom. The zero-order valence-corrected chi connectivity index (χ0v) is 15.1. The highest BCUT2D eigenvalue weighted by molar-refractivity contribution is 7.92. The maximum atomic E-state index is 12.7. The molecule has 0 amide bonds. The fourth-order valence-corrected chi connectivity index (χ4v) is 3.43. The zero-order chi connectivity index (χ0) is 19.2. The van der Waals surface area contributed by atoms with Gasteiger partial charge in [0.1, 0.15) is 16.4 Å². The summed E-state index contributed by atoms with van der Waals surface area (Å²) in [6, 6.07) is 10.9. The van der Waals surface area contributed by atoms with Crippen molar-refractivity contribution in [2.45, 2.75) is 11.8 Å². The van der Waals surface area contributed by atoms with E-state index < -0.39 is 16.0 Å². The predicted molar refractivity (Wildman–Crippen MR) is 98.1 cm³/mol. The van der Waals surface area contributed by atoms with Crippen molar-refractivity contribution in [3.8, 4) is 11.5 Å². The van der Waals surface area contributed by atoms with Crippen LogP contribution in [0.15, 0.2) is 53.4 Å². The van der Waals surface area contributed by atoms with Crippen LogP contribution in [0.5, 0.6) is 11.5 Å². The van der Waals surface area contributed by atoms with E-state index in [1.54, 1.807) is 30.3 Å². The molecule has 0 saturated heterocycles. The third-order valence-electron chi connectivity index (χ3n) is 3.31. The third-order valence-corrected chi connectivity index (χ3v) is 4.72. The molecule has 0 unspecified atom stereocenters. The Balaban J connectivity index is 2.34. The summed E-state index contributed by atoms with van der Waals surface area (Å²) >= 11 is 0. The Bertz CT molecular complexity index is 904. The average molecular weight is 377 g/mol. The summed E-state index contributed by atoms with van der Waals surface area (Å²) in [6.07, 6.45) is 2.23. The number of carboxylic acid groups (broad SMARTS) is 1. The van der Waals surface area contributed by atoms with E-state index in [0.29, 0.717) is 23.6 Å². The van der Waals surface area contributed by atoms with Gasteiger partial charge < -0.3 is 14.6 Å². The summed E-state index contributed by atoms with van der Waals surface area (Å²) in [6.45, 7) is 2.37. The summed E-state index contributed by atoms with van der Waals surface area (Å²) < 4.78 is 38.3. The molecular weight excluding hydrogens is 358 g/mol. The highest BCUT2D eigenvalue weighted by Gasteiger charge is 2.20. The zero-order valence-electron chi connectivity index (χ0n) is 14.3. The molecule has 2 aromatic carbocycles. The summed E-state index contributed by atoms with van der Waals surface area (Å²) in [5.74, 6) is -0.345. The first-order valence-electron chi connectivity index (χ1n) is 7.70. The van der Waals surface area contributed by atoms with Crippen LogP contribution in [0.1, 0.15) is 12.5 Å². The smallest absolute Gasteiger partial charge is 0.328 e. The van der Waals surface area contributed by atoms with Crippen molar-refractivity contribution in [3.05, 3.63) is 54.1 Å². The number of hydrogen-bond donors (Lipinski definition) is 2. The van der Waals surface area contributed by atoms with E-state index in [4.69, 9.17) is 14.6 Å². The molecule has 0 bridgehead atoms. The van der Waals surface area contributed by atoms with E-state index in [1.165, 1.54) is 25.3 Å². The normalized spacial score (nSPS) is 11.3. The molecule has 26 heavy (non-hydrogen) atoms. The van der Waals surface area contributed by atoms with Gasteiger partial charge in [0, 0.05) is 11.8 Å². The number of aliphatic carboxylic acids is 1. The first kappa shape index (κ1) is 19.3. The number of methoxy groups -OCH3 is 1. The second-order valence-electron chi connectivity index (χ2n) is 5.14. The average Bonchev–Trinajstić information content (AvgIpc) is 2.61. The molecule has 0 aliphatic carbocycles. The molecular formula is C18H19NO6S. The topological polar surface area (TPSA) is 102 Å². The molecule has 2 rings (SSSR count). The second kappa shape index (κ2) is 8.39. The molecule has 8 heteroatoms. The number of anilines is 1. The van der Waals surface area contributed by atoms with Gasteiger partial charge in [-0.25, -0.2) is 13.2 Å². The summed E-state index contributed by atoms with van der Waals surface area (Å²) in [7, 11) is -2.58. The lowest BCUT2D eigenvalue weighted by atomic mass is 10.2. The molecule has 0 radical (unpaired) electrons. The van der Waals surface area contributed by atoms with Gasteiger partial charge in [0.25, 0.3) is 10.0 Å². The van der Waals surface area contributed by atoms with Crippen molar-refractivity contribution in [1.82, 2.24) is 0 Å². The molecule has 0 aliphatic heterocycles. The predicted octanol–water partition coefficient (Wildman–Crippen LogP) is 2.99. The minimum atomic E-state index is -3.94. The number of benzene rings is 2. The number of nitrogens with one attached hydrogen (secondary N) is 1. The third kappa shape index (κ3) is 5.00. The Morgan fingerprint density at radius 2 is 1.88 bits per heavy atom. The van der Waals surface area contributed by atoms with Crippen LogP contribution in [0.25, 0.3) is 6.08 Å². The van der Waals surface area contributed by atoms with Crippen LogP contribution < -0.4 is 14.2 Å². The van der Waals surface area contributed by atoms with E-state index in [2.05, 4.69) is 4.72 Å². The van der Waals surface area contributed by atoms with Crippen LogP contribution in [-0.2, 0) is 14.8 Å². The quantitative estimate of drug-likeness (QED) is 0.686. The monoisotopic (exact) mass is 377 g/mol. The lowest BCUT2D eigenvalue weighted by Gasteiger charge is -2.13. The Labute approximate surface area is 151 Å². The van der Waals surface area contributed by atoms with E-state index in [0.717, 1.165) is 6.08 Å². The molecule has 7 nitrogen and oxygen atoms in total. The second-order valence-corrected chi connectivity index (χ2v) is 6.80. The molecule has 0 atom stereocenters. The van der Waals surface area contributed by atoms with Gasteiger partial charge in [-0.3, -0.25) is 4.72 Å². The Morgan fingerprint density at radius 3 is 2.46 bits per heavy atom. The van der Waals surface area contributed by atoms with Crippen LogP contribution in [0.2, 0.25) is 0 Å². The minimum absolute atomic E-state index is 0.0959. The minimum Gasteiger partial charge on any atom is -0.495 e. The Kier molecular flexibility index (Phi) is 6.24. The van der Waals surface area contributed by atoms with Crippen LogP contribution in [-0.4, -0.2) is 33.2 Å². The SMILES string of the molecule is CCOc1ccc(NS(=O)(=O)c2cc(/C=C/C(=O)O)ccc2OC)cc1. The molecule has 0 heterocycles. The number of sulfonamides is 1. The maximum absolute atomic E-state index is 12.7. The van der Waals surface area contributed by atoms with E-state index in [1.807, 2.05) is 6.92 Å². The van der Waals surface area contributed by atoms with Crippen molar-refractivity contribution < 1.29 is 27.8 Å². The molecule has 0 aromatic heterocycles. The molecule has 0 fully saturated rings. The number of hydrogen-bond acceptors (Lipinski definition) is 5. The first-order valence-corrected chi connectivity index (χ1v) is 9.18. The highest BCUT2D eigenvalue weighted by atomic mass is 32.2. The van der Waals surface area contributed by atoms with Gasteiger partial charge in [-0.1, -0.05) is 6.07 Å². The molecule has 2 N–H and O–H groups in total. The number of carboxylic acids is 1. The molecule has 0 spiro atoms. The molecule has 138 valence electrons. The molecule has 2 aromatic rings. The van der Waals surface area contributed by atoms with E-state index in [-0.39, 0.29) is 10.6 Å². The van der Waals surface area contributed by atoms with Crippen molar-refractivity contribution in [3.63, 3.8) is 0 Å². The first-order chi connectivity index (χ1) is 12.4. The van der Waals surface area contributed by atoms with Crippen molar-refractivity contribution >= 4 is 27.8 Å². The van der Waals surface area contributed by atoms with Gasteiger partial charge in [0.05, 0.1) is 13.7 Å². The number of ether oxygens (including phenoxy) is 2. The van der Waals surface area contributed by atoms with Gasteiger partial charge in [0.2, 0.25) is 0 Å². The van der Waals surface area contributed by atoms with Gasteiger partial charge in [-0.2, -0.15) is 0 Å². The maximum Gasteiger partial charge on any atom is 0.328 e. The van der Waals surface area contributed by atoms with E-state index >= 15 is 0 Å². The van der Waals surface area contributed by atoms with E-state index in [9.17, 15) is 13.2 Å². The van der Waals surface area contributed by atoms with Gasteiger partial charge in [0.15, 0.2) is 0 Å². The van der Waals surface area contributed by atoms with Gasteiger partial charge in [-0.15, -0.1) is 0 Å². The van der Waals surface area contributed by atoms with Gasteiger partial charge >= 0.3 is 5.97 Å².